The van der Waals surface area contributed by atoms with Crippen molar-refractivity contribution in [2.75, 3.05) is 26.4 Å². The minimum absolute atomic E-state index is 0.782. The van der Waals surface area contributed by atoms with Gasteiger partial charge in [0.1, 0.15) is 7.43 Å². The van der Waals surface area contributed by atoms with E-state index in [1.165, 1.54) is 44.9 Å². The van der Waals surface area contributed by atoms with Crippen LogP contribution in [0.3, 0.4) is 0 Å². The second-order valence-electron chi connectivity index (χ2n) is 5.09. The van der Waals surface area contributed by atoms with Crippen LogP contribution < -0.4 is 0 Å². The largest absolute Gasteiger partial charge is 0.333 e. The molecule has 102 valence electrons. The molecule has 1 aliphatic heterocycles. The highest BCUT2D eigenvalue weighted by molar-refractivity contribution is 7.56. The van der Waals surface area contributed by atoms with E-state index in [9.17, 15) is 0 Å². The van der Waals surface area contributed by atoms with Crippen molar-refractivity contribution >= 4 is 7.43 Å². The Kier molecular flexibility index (Phi) is 7.41. The fourth-order valence-electron chi connectivity index (χ4n) is 2.40. The molecule has 1 N–H and O–H groups in total. The Morgan fingerprint density at radius 1 is 1.00 bits per heavy atom. The molecule has 1 saturated heterocycles. The van der Waals surface area contributed by atoms with Gasteiger partial charge in [-0.15, -0.1) is 0 Å². The zero-order valence-corrected chi connectivity index (χ0v) is 12.5. The zero-order valence-electron chi connectivity index (χ0n) is 11.6. The first-order chi connectivity index (χ1) is 8.17. The van der Waals surface area contributed by atoms with Crippen molar-refractivity contribution in [3.63, 3.8) is 0 Å². The summed E-state index contributed by atoms with van der Waals surface area (Å²) in [5.74, 6) is 0. The van der Waals surface area contributed by atoms with Crippen molar-refractivity contribution in [2.45, 2.75) is 58.3 Å². The molecule has 1 heterocycles. The van der Waals surface area contributed by atoms with Crippen LogP contribution in [0.5, 0.6) is 0 Å². The lowest BCUT2D eigenvalue weighted by Gasteiger charge is -2.30. The molecular weight excluding hydrogens is 231 g/mol. The van der Waals surface area contributed by atoms with Gasteiger partial charge in [0.15, 0.2) is 0 Å². The molecule has 1 fully saturated rings. The van der Waals surface area contributed by atoms with E-state index in [0.29, 0.717) is 0 Å². The van der Waals surface area contributed by atoms with E-state index in [2.05, 4.69) is 11.6 Å². The number of nitrogens with one attached hydrogen (secondary N) is 1. The number of hydrogen-bond acceptors (Lipinski definition) is 2. The lowest BCUT2D eigenvalue weighted by atomic mass is 10.1. The Labute approximate surface area is 107 Å². The van der Waals surface area contributed by atoms with Gasteiger partial charge in [0, 0.05) is 19.8 Å². The molecule has 0 spiro atoms. The van der Waals surface area contributed by atoms with Crippen LogP contribution in [-0.4, -0.2) is 31.0 Å². The molecule has 0 aromatic heterocycles. The van der Waals surface area contributed by atoms with Crippen LogP contribution in [0.2, 0.25) is 0 Å². The summed E-state index contributed by atoms with van der Waals surface area (Å²) < 4.78 is 8.11. The minimum atomic E-state index is -2.03. The lowest BCUT2D eigenvalue weighted by Crippen LogP contribution is -2.22. The van der Waals surface area contributed by atoms with E-state index in [1.807, 2.05) is 6.66 Å². The highest BCUT2D eigenvalue weighted by atomic mass is 31.2. The summed E-state index contributed by atoms with van der Waals surface area (Å²) in [7, 11) is -2.03. The second kappa shape index (κ2) is 8.29. The Morgan fingerprint density at radius 3 is 2.12 bits per heavy atom. The highest BCUT2D eigenvalue weighted by Crippen LogP contribution is 2.47. The van der Waals surface area contributed by atoms with E-state index in [-0.39, 0.29) is 0 Å². The molecule has 0 amide bonds. The molecule has 0 bridgehead atoms. The van der Waals surface area contributed by atoms with E-state index in [1.54, 1.807) is 0 Å². The first-order valence-electron chi connectivity index (χ1n) is 7.18. The Bertz CT molecular complexity index is 246. The minimum Gasteiger partial charge on any atom is -0.333 e. The standard InChI is InChI=1S/C13H29N2OP/c1-3-15-12-10-8-6-4-5-7-9-11-13-16-17(15,2)14/h14H,3-13H2,1-2H3. The fraction of sp³-hybridized carbons (Fsp3) is 1.00. The first-order valence-corrected chi connectivity index (χ1v) is 9.29. The molecule has 0 aromatic rings. The molecular formula is C13H29N2OP. The molecule has 1 aliphatic rings. The normalized spacial score (nSPS) is 31.2. The Morgan fingerprint density at radius 2 is 1.53 bits per heavy atom. The molecule has 4 heteroatoms. The number of nitrogens with zero attached hydrogens (tertiary/aromatic N) is 1. The van der Waals surface area contributed by atoms with Crippen molar-refractivity contribution < 1.29 is 4.52 Å². The predicted octanol–water partition coefficient (Wildman–Crippen LogP) is 4.70. The number of rotatable bonds is 1. The summed E-state index contributed by atoms with van der Waals surface area (Å²) in [6.07, 6.45) is 10.4. The maximum absolute atomic E-state index is 8.38. The summed E-state index contributed by atoms with van der Waals surface area (Å²) in [5, 5.41) is 8.38. The third-order valence-corrected chi connectivity index (χ3v) is 5.81. The molecule has 1 unspecified atom stereocenters. The smallest absolute Gasteiger partial charge is 0.147 e. The third-order valence-electron chi connectivity index (χ3n) is 3.56. The van der Waals surface area contributed by atoms with E-state index >= 15 is 0 Å². The number of hydrogen-bond donors (Lipinski definition) is 1. The monoisotopic (exact) mass is 260 g/mol. The summed E-state index contributed by atoms with van der Waals surface area (Å²) >= 11 is 0. The molecule has 0 aliphatic carbocycles. The highest BCUT2D eigenvalue weighted by Gasteiger charge is 2.19. The summed E-state index contributed by atoms with van der Waals surface area (Å²) in [6.45, 7) is 6.92. The van der Waals surface area contributed by atoms with Crippen LogP contribution in [0, 0.1) is 5.16 Å². The lowest BCUT2D eigenvalue weighted by molar-refractivity contribution is 0.290. The molecule has 17 heavy (non-hydrogen) atoms. The van der Waals surface area contributed by atoms with E-state index < -0.39 is 7.43 Å². The third kappa shape index (κ3) is 6.03. The van der Waals surface area contributed by atoms with Crippen LogP contribution in [0.15, 0.2) is 0 Å². The Balaban J connectivity index is 2.48. The van der Waals surface area contributed by atoms with Crippen molar-refractivity contribution in [3.05, 3.63) is 0 Å². The SMILES string of the molecule is CCN1CCCCCCCCCCOP1(C)=N. The predicted molar refractivity (Wildman–Crippen MR) is 75.7 cm³/mol. The molecule has 0 saturated carbocycles. The van der Waals surface area contributed by atoms with Crippen LogP contribution >= 0.6 is 7.43 Å². The van der Waals surface area contributed by atoms with Crippen LogP contribution in [0.4, 0.5) is 0 Å². The van der Waals surface area contributed by atoms with Gasteiger partial charge in [0.05, 0.1) is 6.61 Å². The van der Waals surface area contributed by atoms with Gasteiger partial charge < -0.3 is 4.52 Å². The quantitative estimate of drug-likeness (QED) is 0.694. The van der Waals surface area contributed by atoms with Gasteiger partial charge in [-0.05, 0) is 12.8 Å². The first kappa shape index (κ1) is 15.2. The molecule has 0 aromatic carbocycles. The van der Waals surface area contributed by atoms with E-state index in [0.717, 1.165) is 26.1 Å². The van der Waals surface area contributed by atoms with Gasteiger partial charge in [-0.2, -0.15) is 0 Å². The van der Waals surface area contributed by atoms with Crippen molar-refractivity contribution in [3.8, 4) is 0 Å². The van der Waals surface area contributed by atoms with Crippen LogP contribution in [0.1, 0.15) is 58.3 Å². The molecule has 0 radical (unpaired) electrons. The second-order valence-corrected chi connectivity index (χ2v) is 7.67. The van der Waals surface area contributed by atoms with E-state index in [4.69, 9.17) is 9.69 Å². The van der Waals surface area contributed by atoms with Gasteiger partial charge in [0.25, 0.3) is 0 Å². The van der Waals surface area contributed by atoms with Gasteiger partial charge >= 0.3 is 0 Å². The summed E-state index contributed by atoms with van der Waals surface area (Å²) in [4.78, 5) is 0. The van der Waals surface area contributed by atoms with Gasteiger partial charge in [-0.25, -0.2) is 4.67 Å². The molecule has 1 atom stereocenters. The van der Waals surface area contributed by atoms with Crippen molar-refractivity contribution in [1.82, 2.24) is 4.67 Å². The van der Waals surface area contributed by atoms with Crippen molar-refractivity contribution in [2.24, 2.45) is 0 Å². The van der Waals surface area contributed by atoms with Gasteiger partial charge in [-0.3, -0.25) is 5.16 Å². The molecule has 3 nitrogen and oxygen atoms in total. The average Bonchev–Trinajstić information content (AvgIpc) is 2.30. The summed E-state index contributed by atoms with van der Waals surface area (Å²) in [6, 6.07) is 0. The molecule has 1 rings (SSSR count). The Hall–Kier alpha value is 0.150. The topological polar surface area (TPSA) is 36.3 Å². The zero-order chi connectivity index (χ0) is 12.6. The van der Waals surface area contributed by atoms with Crippen molar-refractivity contribution in [1.29, 1.82) is 5.16 Å². The maximum Gasteiger partial charge on any atom is 0.147 e. The summed E-state index contributed by atoms with van der Waals surface area (Å²) in [5.41, 5.74) is 0. The van der Waals surface area contributed by atoms with Gasteiger partial charge in [0.2, 0.25) is 0 Å². The maximum atomic E-state index is 8.38. The average molecular weight is 260 g/mol. The van der Waals surface area contributed by atoms with Gasteiger partial charge in [-0.1, -0.05) is 45.4 Å². The van der Waals surface area contributed by atoms with Crippen LogP contribution in [0.25, 0.3) is 0 Å². The fourth-order valence-corrected chi connectivity index (χ4v) is 4.11. The van der Waals surface area contributed by atoms with Crippen LogP contribution in [-0.2, 0) is 4.52 Å².